The number of rotatable bonds is 3. The number of hydrogen-bond donors (Lipinski definition) is 0. The fourth-order valence-corrected chi connectivity index (χ4v) is 2.81. The molecule has 0 radical (unpaired) electrons. The average Bonchev–Trinajstić information content (AvgIpc) is 2.39. The highest BCUT2D eigenvalue weighted by molar-refractivity contribution is 6.17. The molecular formula is C15H23ClN2. The fourth-order valence-electron chi connectivity index (χ4n) is 2.52. The van der Waals surface area contributed by atoms with E-state index in [2.05, 4.69) is 35.9 Å². The molecule has 1 aromatic rings. The molecule has 0 unspecified atom stereocenters. The molecule has 1 aliphatic rings. The molecule has 0 spiro atoms. The average molecular weight is 267 g/mol. The van der Waals surface area contributed by atoms with Crippen molar-refractivity contribution in [2.45, 2.75) is 45.9 Å². The third-order valence-electron chi connectivity index (χ3n) is 4.47. The Kier molecular flexibility index (Phi) is 4.16. The molecule has 0 amide bonds. The minimum atomic E-state index is 0.529. The lowest BCUT2D eigenvalue weighted by Gasteiger charge is -2.39. The second-order valence-electron chi connectivity index (χ2n) is 5.70. The van der Waals surface area contributed by atoms with Crippen molar-refractivity contribution in [3.8, 4) is 0 Å². The Hall–Kier alpha value is -0.760. The Morgan fingerprint density at radius 2 is 2.00 bits per heavy atom. The van der Waals surface area contributed by atoms with Crippen molar-refractivity contribution in [3.05, 3.63) is 23.4 Å². The normalized spacial score (nSPS) is 19.0. The third-order valence-corrected chi connectivity index (χ3v) is 4.76. The van der Waals surface area contributed by atoms with Gasteiger partial charge in [0.1, 0.15) is 5.82 Å². The molecule has 2 nitrogen and oxygen atoms in total. The second kappa shape index (κ2) is 5.48. The van der Waals surface area contributed by atoms with Crippen LogP contribution in [0.25, 0.3) is 0 Å². The quantitative estimate of drug-likeness (QED) is 0.765. The van der Waals surface area contributed by atoms with E-state index in [1.54, 1.807) is 0 Å². The van der Waals surface area contributed by atoms with E-state index in [1.807, 2.05) is 6.92 Å². The fraction of sp³-hybridized carbons (Fsp3) is 0.667. The van der Waals surface area contributed by atoms with Crippen LogP contribution in [0.5, 0.6) is 0 Å². The van der Waals surface area contributed by atoms with Crippen molar-refractivity contribution in [1.29, 1.82) is 0 Å². The first-order valence-electron chi connectivity index (χ1n) is 6.85. The SMILES string of the molecule is CCC1(C)CCN(c2ccc(CCl)c(C)n2)CC1. The largest absolute Gasteiger partial charge is 0.357 e. The summed E-state index contributed by atoms with van der Waals surface area (Å²) < 4.78 is 0. The Bertz CT molecular complexity index is 409. The first kappa shape index (κ1) is 13.7. The molecule has 0 N–H and O–H groups in total. The van der Waals surface area contributed by atoms with E-state index in [0.717, 1.165) is 30.2 Å². The van der Waals surface area contributed by atoms with Gasteiger partial charge < -0.3 is 4.90 Å². The van der Waals surface area contributed by atoms with Gasteiger partial charge in [-0.1, -0.05) is 26.3 Å². The summed E-state index contributed by atoms with van der Waals surface area (Å²) in [6, 6.07) is 4.22. The van der Waals surface area contributed by atoms with Gasteiger partial charge in [-0.2, -0.15) is 0 Å². The molecule has 0 saturated carbocycles. The molecule has 1 fully saturated rings. The monoisotopic (exact) mass is 266 g/mol. The van der Waals surface area contributed by atoms with Crippen LogP contribution in [-0.4, -0.2) is 18.1 Å². The maximum Gasteiger partial charge on any atom is 0.128 e. The molecule has 2 heterocycles. The molecule has 1 saturated heterocycles. The van der Waals surface area contributed by atoms with Crippen LogP contribution in [0.15, 0.2) is 12.1 Å². The first-order valence-corrected chi connectivity index (χ1v) is 7.39. The Morgan fingerprint density at radius 1 is 1.33 bits per heavy atom. The van der Waals surface area contributed by atoms with E-state index in [0.29, 0.717) is 11.3 Å². The van der Waals surface area contributed by atoms with Crippen LogP contribution in [0.1, 0.15) is 44.4 Å². The number of anilines is 1. The van der Waals surface area contributed by atoms with Gasteiger partial charge in [-0.25, -0.2) is 4.98 Å². The van der Waals surface area contributed by atoms with Gasteiger partial charge in [-0.15, -0.1) is 11.6 Å². The van der Waals surface area contributed by atoms with Gasteiger partial charge in [0.05, 0.1) is 0 Å². The molecule has 0 bridgehead atoms. The molecule has 100 valence electrons. The zero-order valence-corrected chi connectivity index (χ0v) is 12.4. The number of piperidine rings is 1. The number of pyridine rings is 1. The first-order chi connectivity index (χ1) is 8.58. The van der Waals surface area contributed by atoms with E-state index in [1.165, 1.54) is 19.3 Å². The molecule has 2 rings (SSSR count). The van der Waals surface area contributed by atoms with Crippen molar-refractivity contribution in [1.82, 2.24) is 4.98 Å². The van der Waals surface area contributed by atoms with Crippen LogP contribution < -0.4 is 4.90 Å². The van der Waals surface area contributed by atoms with Crippen LogP contribution in [0.3, 0.4) is 0 Å². The summed E-state index contributed by atoms with van der Waals surface area (Å²) in [5, 5.41) is 0. The molecule has 0 aliphatic carbocycles. The second-order valence-corrected chi connectivity index (χ2v) is 5.97. The van der Waals surface area contributed by atoms with Gasteiger partial charge in [-0.3, -0.25) is 0 Å². The van der Waals surface area contributed by atoms with E-state index in [4.69, 9.17) is 11.6 Å². The number of halogens is 1. The third kappa shape index (κ3) is 2.80. The summed E-state index contributed by atoms with van der Waals surface area (Å²) in [5.74, 6) is 1.66. The number of hydrogen-bond acceptors (Lipinski definition) is 2. The summed E-state index contributed by atoms with van der Waals surface area (Å²) in [6.07, 6.45) is 3.81. The number of aromatic nitrogens is 1. The summed E-state index contributed by atoms with van der Waals surface area (Å²) in [5.41, 5.74) is 2.73. The van der Waals surface area contributed by atoms with Crippen LogP contribution in [0.2, 0.25) is 0 Å². The van der Waals surface area contributed by atoms with Crippen LogP contribution >= 0.6 is 11.6 Å². The highest BCUT2D eigenvalue weighted by Crippen LogP contribution is 2.35. The topological polar surface area (TPSA) is 16.1 Å². The van der Waals surface area contributed by atoms with Crippen molar-refractivity contribution in [2.24, 2.45) is 5.41 Å². The maximum absolute atomic E-state index is 5.87. The highest BCUT2D eigenvalue weighted by atomic mass is 35.5. The molecule has 18 heavy (non-hydrogen) atoms. The number of alkyl halides is 1. The van der Waals surface area contributed by atoms with Crippen molar-refractivity contribution in [3.63, 3.8) is 0 Å². The van der Waals surface area contributed by atoms with Crippen molar-refractivity contribution < 1.29 is 0 Å². The lowest BCUT2D eigenvalue weighted by atomic mass is 9.78. The lowest BCUT2D eigenvalue weighted by molar-refractivity contribution is 0.238. The van der Waals surface area contributed by atoms with Gasteiger partial charge >= 0.3 is 0 Å². The van der Waals surface area contributed by atoms with Crippen LogP contribution in [0, 0.1) is 12.3 Å². The van der Waals surface area contributed by atoms with Gasteiger partial charge in [0.2, 0.25) is 0 Å². The van der Waals surface area contributed by atoms with Gasteiger partial charge in [0, 0.05) is 24.7 Å². The molecule has 0 atom stereocenters. The summed E-state index contributed by atoms with van der Waals surface area (Å²) in [6.45, 7) is 8.99. The predicted molar refractivity (Wildman–Crippen MR) is 78.4 cm³/mol. The summed E-state index contributed by atoms with van der Waals surface area (Å²) in [7, 11) is 0. The lowest BCUT2D eigenvalue weighted by Crippen LogP contribution is -2.38. The van der Waals surface area contributed by atoms with E-state index >= 15 is 0 Å². The van der Waals surface area contributed by atoms with E-state index in [-0.39, 0.29) is 0 Å². The van der Waals surface area contributed by atoms with E-state index < -0.39 is 0 Å². The standard InChI is InChI=1S/C15H23ClN2/c1-4-15(3)7-9-18(10-8-15)14-6-5-13(11-16)12(2)17-14/h5-6H,4,7-11H2,1-3H3. The summed E-state index contributed by atoms with van der Waals surface area (Å²) in [4.78, 5) is 7.09. The minimum Gasteiger partial charge on any atom is -0.357 e. The van der Waals surface area contributed by atoms with Crippen molar-refractivity contribution in [2.75, 3.05) is 18.0 Å². The molecule has 1 aliphatic heterocycles. The molecule has 3 heteroatoms. The van der Waals surface area contributed by atoms with E-state index in [9.17, 15) is 0 Å². The maximum atomic E-state index is 5.87. The smallest absolute Gasteiger partial charge is 0.128 e. The Balaban J connectivity index is 2.08. The van der Waals surface area contributed by atoms with Crippen LogP contribution in [-0.2, 0) is 5.88 Å². The Morgan fingerprint density at radius 3 is 2.50 bits per heavy atom. The highest BCUT2D eigenvalue weighted by Gasteiger charge is 2.28. The number of aryl methyl sites for hydroxylation is 1. The van der Waals surface area contributed by atoms with Gasteiger partial charge in [0.25, 0.3) is 0 Å². The van der Waals surface area contributed by atoms with Gasteiger partial charge in [0.15, 0.2) is 0 Å². The zero-order valence-electron chi connectivity index (χ0n) is 11.7. The predicted octanol–water partition coefficient (Wildman–Crippen LogP) is 4.15. The molecule has 1 aromatic heterocycles. The van der Waals surface area contributed by atoms with Crippen molar-refractivity contribution >= 4 is 17.4 Å². The minimum absolute atomic E-state index is 0.529. The van der Waals surface area contributed by atoms with Gasteiger partial charge in [-0.05, 0) is 36.8 Å². The summed E-state index contributed by atoms with van der Waals surface area (Å²) >= 11 is 5.87. The number of nitrogens with zero attached hydrogens (tertiary/aromatic N) is 2. The zero-order chi connectivity index (χ0) is 13.2. The Labute approximate surface area is 115 Å². The molecule has 0 aromatic carbocycles. The van der Waals surface area contributed by atoms with Crippen LogP contribution in [0.4, 0.5) is 5.82 Å². The molecular weight excluding hydrogens is 244 g/mol.